The van der Waals surface area contributed by atoms with Gasteiger partial charge < -0.3 is 15.0 Å². The number of thiophene rings is 1. The summed E-state index contributed by atoms with van der Waals surface area (Å²) in [5.74, 6) is 0.461. The Balaban J connectivity index is 1.65. The second-order valence-electron chi connectivity index (χ2n) is 4.87. The van der Waals surface area contributed by atoms with Crippen LogP contribution < -0.4 is 10.2 Å². The zero-order chi connectivity index (χ0) is 14.7. The van der Waals surface area contributed by atoms with Crippen LogP contribution in [0.15, 0.2) is 30.5 Å². The maximum Gasteiger partial charge on any atom is 0.266 e. The highest BCUT2D eigenvalue weighted by Crippen LogP contribution is 2.19. The van der Waals surface area contributed by atoms with Crippen LogP contribution in [-0.2, 0) is 4.74 Å². The molecule has 2 aromatic rings. The maximum absolute atomic E-state index is 12.0. The summed E-state index contributed by atoms with van der Waals surface area (Å²) >= 11 is 1.48. The highest BCUT2D eigenvalue weighted by Gasteiger charge is 2.12. The van der Waals surface area contributed by atoms with Crippen molar-refractivity contribution >= 4 is 28.7 Å². The van der Waals surface area contributed by atoms with Crippen LogP contribution in [0.3, 0.4) is 0 Å². The Morgan fingerprint density at radius 3 is 2.71 bits per heavy atom. The van der Waals surface area contributed by atoms with E-state index in [4.69, 9.17) is 4.74 Å². The molecule has 0 spiro atoms. The van der Waals surface area contributed by atoms with E-state index in [1.807, 2.05) is 31.2 Å². The molecule has 1 amide bonds. The molecule has 110 valence electrons. The van der Waals surface area contributed by atoms with E-state index in [1.165, 1.54) is 11.3 Å². The number of anilines is 2. The minimum absolute atomic E-state index is 0.111. The molecular weight excluding hydrogens is 286 g/mol. The molecule has 21 heavy (non-hydrogen) atoms. The molecule has 5 nitrogen and oxygen atoms in total. The summed E-state index contributed by atoms with van der Waals surface area (Å²) in [5.41, 5.74) is 1.06. The lowest BCUT2D eigenvalue weighted by atomic mass is 10.3. The number of amides is 1. The molecule has 0 unspecified atom stereocenters. The smallest absolute Gasteiger partial charge is 0.266 e. The van der Waals surface area contributed by atoms with E-state index in [9.17, 15) is 4.79 Å². The Morgan fingerprint density at radius 1 is 1.29 bits per heavy atom. The summed E-state index contributed by atoms with van der Waals surface area (Å²) < 4.78 is 5.33. The first kappa shape index (κ1) is 14.0. The lowest BCUT2D eigenvalue weighted by Crippen LogP contribution is -2.36. The van der Waals surface area contributed by atoms with Crippen molar-refractivity contribution in [3.8, 4) is 0 Å². The average molecular weight is 303 g/mol. The molecule has 3 heterocycles. The number of aryl methyl sites for hydroxylation is 1. The third kappa shape index (κ3) is 3.40. The van der Waals surface area contributed by atoms with Crippen molar-refractivity contribution in [1.82, 2.24) is 4.98 Å². The van der Waals surface area contributed by atoms with Gasteiger partial charge in [0.2, 0.25) is 0 Å². The Labute approximate surface area is 127 Å². The van der Waals surface area contributed by atoms with E-state index in [-0.39, 0.29) is 5.91 Å². The molecule has 3 rings (SSSR count). The van der Waals surface area contributed by atoms with Crippen molar-refractivity contribution in [2.24, 2.45) is 0 Å². The summed E-state index contributed by atoms with van der Waals surface area (Å²) in [5, 5.41) is 2.82. The molecule has 1 aliphatic heterocycles. The summed E-state index contributed by atoms with van der Waals surface area (Å²) in [6.07, 6.45) is 1.79. The fraction of sp³-hybridized carbons (Fsp3) is 0.333. The van der Waals surface area contributed by atoms with Crippen LogP contribution in [0, 0.1) is 6.92 Å². The molecule has 0 saturated carbocycles. The molecule has 1 N–H and O–H groups in total. The van der Waals surface area contributed by atoms with E-state index < -0.39 is 0 Å². The number of nitrogens with one attached hydrogen (secondary N) is 1. The first-order chi connectivity index (χ1) is 10.2. The number of nitrogens with zero attached hydrogens (tertiary/aromatic N) is 2. The van der Waals surface area contributed by atoms with Gasteiger partial charge in [-0.3, -0.25) is 4.79 Å². The van der Waals surface area contributed by atoms with Gasteiger partial charge in [-0.2, -0.15) is 0 Å². The Morgan fingerprint density at radius 2 is 2.10 bits per heavy atom. The van der Waals surface area contributed by atoms with Crippen molar-refractivity contribution in [3.05, 3.63) is 40.2 Å². The zero-order valence-electron chi connectivity index (χ0n) is 11.8. The van der Waals surface area contributed by atoms with Gasteiger partial charge in [0.15, 0.2) is 0 Å². The molecular formula is C15H17N3O2S. The Kier molecular flexibility index (Phi) is 4.17. The normalized spacial score (nSPS) is 15.0. The number of morpholine rings is 1. The van der Waals surface area contributed by atoms with Crippen molar-refractivity contribution in [3.63, 3.8) is 0 Å². The van der Waals surface area contributed by atoms with Crippen LogP contribution >= 0.6 is 11.3 Å². The van der Waals surface area contributed by atoms with Gasteiger partial charge in [-0.05, 0) is 31.2 Å². The van der Waals surface area contributed by atoms with Crippen LogP contribution in [0.2, 0.25) is 0 Å². The quantitative estimate of drug-likeness (QED) is 0.947. The molecule has 0 aliphatic carbocycles. The minimum atomic E-state index is -0.111. The first-order valence-corrected chi connectivity index (χ1v) is 7.70. The van der Waals surface area contributed by atoms with E-state index >= 15 is 0 Å². The number of hydrogen-bond acceptors (Lipinski definition) is 5. The van der Waals surface area contributed by atoms with Crippen molar-refractivity contribution in [2.75, 3.05) is 36.5 Å². The second-order valence-corrected chi connectivity index (χ2v) is 6.15. The first-order valence-electron chi connectivity index (χ1n) is 6.89. The van der Waals surface area contributed by atoms with Crippen LogP contribution in [0.25, 0.3) is 0 Å². The third-order valence-corrected chi connectivity index (χ3v) is 4.33. The number of rotatable bonds is 3. The molecule has 2 aromatic heterocycles. The highest BCUT2D eigenvalue weighted by molar-refractivity contribution is 7.14. The number of pyridine rings is 1. The SMILES string of the molecule is Cc1ccc(C(=O)Nc2ccc(N3CCOCC3)cn2)s1. The molecule has 1 saturated heterocycles. The molecule has 1 fully saturated rings. The lowest BCUT2D eigenvalue weighted by Gasteiger charge is -2.28. The van der Waals surface area contributed by atoms with Gasteiger partial charge in [0.25, 0.3) is 5.91 Å². The predicted molar refractivity (Wildman–Crippen MR) is 84.3 cm³/mol. The summed E-state index contributed by atoms with van der Waals surface area (Å²) in [6.45, 7) is 5.23. The summed E-state index contributed by atoms with van der Waals surface area (Å²) in [4.78, 5) is 20.4. The predicted octanol–water partition coefficient (Wildman–Crippen LogP) is 2.54. The van der Waals surface area contributed by atoms with Gasteiger partial charge in [-0.25, -0.2) is 4.98 Å². The minimum Gasteiger partial charge on any atom is -0.378 e. The van der Waals surface area contributed by atoms with Crippen LogP contribution in [0.4, 0.5) is 11.5 Å². The van der Waals surface area contributed by atoms with Gasteiger partial charge in [0, 0.05) is 18.0 Å². The van der Waals surface area contributed by atoms with Crippen molar-refractivity contribution in [1.29, 1.82) is 0 Å². The second kappa shape index (κ2) is 6.24. The van der Waals surface area contributed by atoms with Crippen LogP contribution in [0.1, 0.15) is 14.5 Å². The van der Waals surface area contributed by atoms with Crippen molar-refractivity contribution in [2.45, 2.75) is 6.92 Å². The average Bonchev–Trinajstić information content (AvgIpc) is 2.96. The molecule has 0 bridgehead atoms. The topological polar surface area (TPSA) is 54.5 Å². The number of ether oxygens (including phenoxy) is 1. The summed E-state index contributed by atoms with van der Waals surface area (Å²) in [7, 11) is 0. The standard InChI is InChI=1S/C15H17N3O2S/c1-11-2-4-13(21-11)15(19)17-14-5-3-12(10-16-14)18-6-8-20-9-7-18/h2-5,10H,6-9H2,1H3,(H,16,17,19). The Bertz CT molecular complexity index is 618. The van der Waals surface area contributed by atoms with Gasteiger partial charge in [-0.15, -0.1) is 11.3 Å². The van der Waals surface area contributed by atoms with Gasteiger partial charge in [0.1, 0.15) is 5.82 Å². The maximum atomic E-state index is 12.0. The van der Waals surface area contributed by atoms with Gasteiger partial charge >= 0.3 is 0 Å². The Hall–Kier alpha value is -1.92. The number of aromatic nitrogens is 1. The number of carbonyl (C=O) groups is 1. The summed E-state index contributed by atoms with van der Waals surface area (Å²) in [6, 6.07) is 7.59. The van der Waals surface area contributed by atoms with E-state index in [0.717, 1.165) is 36.9 Å². The monoisotopic (exact) mass is 303 g/mol. The molecule has 0 atom stereocenters. The largest absolute Gasteiger partial charge is 0.378 e. The molecule has 0 aromatic carbocycles. The molecule has 6 heteroatoms. The van der Waals surface area contributed by atoms with Crippen LogP contribution in [-0.4, -0.2) is 37.2 Å². The number of carbonyl (C=O) groups excluding carboxylic acids is 1. The van der Waals surface area contributed by atoms with Gasteiger partial charge in [0.05, 0.1) is 30.0 Å². The van der Waals surface area contributed by atoms with Crippen molar-refractivity contribution < 1.29 is 9.53 Å². The van der Waals surface area contributed by atoms with Gasteiger partial charge in [-0.1, -0.05) is 0 Å². The van der Waals surface area contributed by atoms with Crippen LogP contribution in [0.5, 0.6) is 0 Å². The molecule has 1 aliphatic rings. The van der Waals surface area contributed by atoms with E-state index in [0.29, 0.717) is 10.7 Å². The zero-order valence-corrected chi connectivity index (χ0v) is 12.7. The number of hydrogen-bond donors (Lipinski definition) is 1. The third-order valence-electron chi connectivity index (χ3n) is 3.33. The molecule has 0 radical (unpaired) electrons. The fourth-order valence-corrected chi connectivity index (χ4v) is 2.97. The lowest BCUT2D eigenvalue weighted by molar-refractivity contribution is 0.103. The van der Waals surface area contributed by atoms with E-state index in [1.54, 1.807) is 6.20 Å². The van der Waals surface area contributed by atoms with E-state index in [2.05, 4.69) is 15.2 Å². The highest BCUT2D eigenvalue weighted by atomic mass is 32.1. The fourth-order valence-electron chi connectivity index (χ4n) is 2.20.